The highest BCUT2D eigenvalue weighted by Crippen LogP contribution is 2.35. The monoisotopic (exact) mass is 220 g/mol. The lowest BCUT2D eigenvalue weighted by atomic mass is 10.1. The molecule has 1 rings (SSSR count). The first kappa shape index (κ1) is 10.5. The van der Waals surface area contributed by atoms with Gasteiger partial charge in [0.25, 0.3) is 0 Å². The van der Waals surface area contributed by atoms with Crippen LogP contribution < -0.4 is 0 Å². The van der Waals surface area contributed by atoms with E-state index in [1.165, 1.54) is 6.07 Å². The molecule has 0 aliphatic carbocycles. The van der Waals surface area contributed by atoms with E-state index in [1.807, 2.05) is 0 Å². The van der Waals surface area contributed by atoms with Crippen molar-refractivity contribution in [1.82, 2.24) is 0 Å². The van der Waals surface area contributed by atoms with E-state index < -0.39 is 11.6 Å². The third-order valence-electron chi connectivity index (χ3n) is 1.45. The molecule has 0 unspecified atom stereocenters. The predicted molar refractivity (Wildman–Crippen MR) is 51.5 cm³/mol. The summed E-state index contributed by atoms with van der Waals surface area (Å²) in [7, 11) is 0. The molecule has 1 aromatic heterocycles. The zero-order chi connectivity index (χ0) is 10.2. The molecule has 0 saturated carbocycles. The molecule has 0 bridgehead atoms. The molecular formula is C8H9ClO3S. The van der Waals surface area contributed by atoms with E-state index in [2.05, 4.69) is 0 Å². The van der Waals surface area contributed by atoms with Gasteiger partial charge in [0.1, 0.15) is 4.88 Å². The molecule has 0 radical (unpaired) electrons. The normalized spacial score (nSPS) is 11.7. The summed E-state index contributed by atoms with van der Waals surface area (Å²) in [5.41, 5.74) is -1.09. The van der Waals surface area contributed by atoms with Crippen molar-refractivity contribution in [3.63, 3.8) is 0 Å². The van der Waals surface area contributed by atoms with Gasteiger partial charge in [-0.3, -0.25) is 0 Å². The molecule has 0 fully saturated rings. The van der Waals surface area contributed by atoms with Crippen molar-refractivity contribution in [3.05, 3.63) is 20.8 Å². The third kappa shape index (κ3) is 2.21. The number of halogens is 1. The molecule has 2 N–H and O–H groups in total. The van der Waals surface area contributed by atoms with Gasteiger partial charge in [0, 0.05) is 0 Å². The summed E-state index contributed by atoms with van der Waals surface area (Å²) in [5.74, 6) is -1.03. The Kier molecular flexibility index (Phi) is 2.66. The molecule has 0 aliphatic rings. The van der Waals surface area contributed by atoms with Crippen LogP contribution in [0.15, 0.2) is 6.07 Å². The molecule has 0 saturated heterocycles. The molecule has 1 aromatic rings. The second-order valence-electron chi connectivity index (χ2n) is 3.15. The summed E-state index contributed by atoms with van der Waals surface area (Å²) in [6.07, 6.45) is 0. The van der Waals surface area contributed by atoms with Gasteiger partial charge in [-0.1, -0.05) is 11.6 Å². The predicted octanol–water partition coefficient (Wildman–Crippen LogP) is 2.33. The molecule has 72 valence electrons. The Labute approximate surface area is 84.6 Å². The van der Waals surface area contributed by atoms with Crippen LogP contribution in [-0.2, 0) is 5.60 Å². The van der Waals surface area contributed by atoms with Crippen LogP contribution >= 0.6 is 22.9 Å². The number of carboxylic acids is 1. The minimum atomic E-state index is -1.09. The summed E-state index contributed by atoms with van der Waals surface area (Å²) in [6, 6.07) is 1.35. The molecule has 0 aromatic carbocycles. The highest BCUT2D eigenvalue weighted by atomic mass is 35.5. The Morgan fingerprint density at radius 1 is 1.62 bits per heavy atom. The second kappa shape index (κ2) is 3.29. The van der Waals surface area contributed by atoms with Crippen molar-refractivity contribution in [1.29, 1.82) is 0 Å². The first-order valence-electron chi connectivity index (χ1n) is 3.58. The third-order valence-corrected chi connectivity index (χ3v) is 3.30. The SMILES string of the molecule is CC(C)(O)c1sc(C(=O)O)cc1Cl. The van der Waals surface area contributed by atoms with Crippen molar-refractivity contribution in [3.8, 4) is 0 Å². The van der Waals surface area contributed by atoms with Gasteiger partial charge >= 0.3 is 5.97 Å². The first-order chi connectivity index (χ1) is 5.82. The van der Waals surface area contributed by atoms with Gasteiger partial charge in [-0.05, 0) is 19.9 Å². The maximum Gasteiger partial charge on any atom is 0.345 e. The average molecular weight is 221 g/mol. The van der Waals surface area contributed by atoms with Crippen LogP contribution in [0.25, 0.3) is 0 Å². The zero-order valence-electron chi connectivity index (χ0n) is 7.17. The van der Waals surface area contributed by atoms with E-state index in [-0.39, 0.29) is 4.88 Å². The topological polar surface area (TPSA) is 57.5 Å². The maximum atomic E-state index is 10.6. The van der Waals surface area contributed by atoms with Gasteiger partial charge in [0.15, 0.2) is 0 Å². The average Bonchev–Trinajstić information content (AvgIpc) is 2.29. The van der Waals surface area contributed by atoms with E-state index in [1.54, 1.807) is 13.8 Å². The minimum absolute atomic E-state index is 0.141. The summed E-state index contributed by atoms with van der Waals surface area (Å²) >= 11 is 6.75. The summed E-state index contributed by atoms with van der Waals surface area (Å²) in [4.78, 5) is 11.2. The summed E-state index contributed by atoms with van der Waals surface area (Å²) < 4.78 is 0. The van der Waals surface area contributed by atoms with E-state index >= 15 is 0 Å². The van der Waals surface area contributed by atoms with Crippen LogP contribution in [0.2, 0.25) is 5.02 Å². The fraction of sp³-hybridized carbons (Fsp3) is 0.375. The maximum absolute atomic E-state index is 10.6. The van der Waals surface area contributed by atoms with Crippen molar-refractivity contribution >= 4 is 28.9 Å². The van der Waals surface area contributed by atoms with E-state index in [0.29, 0.717) is 9.90 Å². The lowest BCUT2D eigenvalue weighted by Crippen LogP contribution is -2.13. The highest BCUT2D eigenvalue weighted by Gasteiger charge is 2.24. The van der Waals surface area contributed by atoms with Gasteiger partial charge in [-0.25, -0.2) is 4.79 Å². The summed E-state index contributed by atoms with van der Waals surface area (Å²) in [6.45, 7) is 3.13. The fourth-order valence-electron chi connectivity index (χ4n) is 0.891. The fourth-order valence-corrected chi connectivity index (χ4v) is 2.30. The van der Waals surface area contributed by atoms with E-state index in [4.69, 9.17) is 16.7 Å². The van der Waals surface area contributed by atoms with Crippen LogP contribution in [0.5, 0.6) is 0 Å². The van der Waals surface area contributed by atoms with Crippen molar-refractivity contribution in [2.75, 3.05) is 0 Å². The smallest absolute Gasteiger partial charge is 0.345 e. The van der Waals surface area contributed by atoms with E-state index in [9.17, 15) is 9.90 Å². The molecular weight excluding hydrogens is 212 g/mol. The molecule has 0 amide bonds. The molecule has 13 heavy (non-hydrogen) atoms. The molecule has 5 heteroatoms. The quantitative estimate of drug-likeness (QED) is 0.804. The molecule has 0 atom stereocenters. The Balaban J connectivity index is 3.18. The van der Waals surface area contributed by atoms with Crippen LogP contribution in [0, 0.1) is 0 Å². The number of hydrogen-bond donors (Lipinski definition) is 2. The van der Waals surface area contributed by atoms with Gasteiger partial charge in [-0.15, -0.1) is 11.3 Å². The van der Waals surface area contributed by atoms with Crippen LogP contribution in [0.3, 0.4) is 0 Å². The van der Waals surface area contributed by atoms with E-state index in [0.717, 1.165) is 11.3 Å². The van der Waals surface area contributed by atoms with Crippen LogP contribution in [0.4, 0.5) is 0 Å². The number of aliphatic hydroxyl groups is 1. The van der Waals surface area contributed by atoms with Gasteiger partial charge < -0.3 is 10.2 Å². The lowest BCUT2D eigenvalue weighted by molar-refractivity contribution is 0.0702. The van der Waals surface area contributed by atoms with Crippen molar-refractivity contribution < 1.29 is 15.0 Å². The van der Waals surface area contributed by atoms with Gasteiger partial charge in [0.2, 0.25) is 0 Å². The standard InChI is InChI=1S/C8H9ClO3S/c1-8(2,12)6-4(9)3-5(13-6)7(10)11/h3,12H,1-2H3,(H,10,11). The van der Waals surface area contributed by atoms with Gasteiger partial charge in [-0.2, -0.15) is 0 Å². The minimum Gasteiger partial charge on any atom is -0.477 e. The number of thiophene rings is 1. The van der Waals surface area contributed by atoms with Crippen LogP contribution in [0.1, 0.15) is 28.4 Å². The zero-order valence-corrected chi connectivity index (χ0v) is 8.74. The number of aromatic carboxylic acids is 1. The lowest BCUT2D eigenvalue weighted by Gasteiger charge is -2.14. The largest absolute Gasteiger partial charge is 0.477 e. The highest BCUT2D eigenvalue weighted by molar-refractivity contribution is 7.14. The number of rotatable bonds is 2. The first-order valence-corrected chi connectivity index (χ1v) is 4.77. The Morgan fingerprint density at radius 3 is 2.38 bits per heavy atom. The molecule has 1 heterocycles. The van der Waals surface area contributed by atoms with Crippen molar-refractivity contribution in [2.24, 2.45) is 0 Å². The Morgan fingerprint density at radius 2 is 2.15 bits per heavy atom. The summed E-state index contributed by atoms with van der Waals surface area (Å²) in [5, 5.41) is 18.6. The van der Waals surface area contributed by atoms with Gasteiger partial charge in [0.05, 0.1) is 15.5 Å². The number of carboxylic acid groups (broad SMARTS) is 1. The molecule has 3 nitrogen and oxygen atoms in total. The number of hydrogen-bond acceptors (Lipinski definition) is 3. The van der Waals surface area contributed by atoms with Crippen molar-refractivity contribution in [2.45, 2.75) is 19.4 Å². The Hall–Kier alpha value is -0.580. The number of carbonyl (C=O) groups is 1. The molecule has 0 spiro atoms. The Bertz CT molecular complexity index is 338. The second-order valence-corrected chi connectivity index (χ2v) is 4.61. The molecule has 0 aliphatic heterocycles. The van der Waals surface area contributed by atoms with Crippen LogP contribution in [-0.4, -0.2) is 16.2 Å².